The van der Waals surface area contributed by atoms with Gasteiger partial charge in [-0.2, -0.15) is 0 Å². The van der Waals surface area contributed by atoms with E-state index in [-0.39, 0.29) is 0 Å². The van der Waals surface area contributed by atoms with Gasteiger partial charge in [0.25, 0.3) is 0 Å². The number of hydrogen-bond acceptors (Lipinski definition) is 3. The summed E-state index contributed by atoms with van der Waals surface area (Å²) in [6.07, 6.45) is 0. The number of pyridine rings is 1. The number of halogens is 2. The lowest BCUT2D eigenvalue weighted by atomic mass is 10.1. The molecule has 2 aromatic rings. The zero-order chi connectivity index (χ0) is 12.4. The lowest BCUT2D eigenvalue weighted by Gasteiger charge is -2.08. The van der Waals surface area contributed by atoms with Gasteiger partial charge in [-0.05, 0) is 18.2 Å². The molecule has 1 aromatic heterocycles. The molecule has 0 unspecified atom stereocenters. The van der Waals surface area contributed by atoms with Crippen LogP contribution in [0.1, 0.15) is 0 Å². The molecular formula is C12H10Cl2N2O. The van der Waals surface area contributed by atoms with Crippen molar-refractivity contribution in [2.75, 3.05) is 12.8 Å². The second-order valence-corrected chi connectivity index (χ2v) is 4.17. The second-order valence-electron chi connectivity index (χ2n) is 3.39. The Morgan fingerprint density at radius 1 is 1.18 bits per heavy atom. The summed E-state index contributed by atoms with van der Waals surface area (Å²) in [6.45, 7) is 0. The standard InChI is InChI=1S/C12H10Cl2N2O/c1-17-10-6-5-9(16-12(10)15)7-3-2-4-8(13)11(7)14/h2-6H,1H3,(H2,15,16). The van der Waals surface area contributed by atoms with Crippen molar-refractivity contribution < 1.29 is 4.74 Å². The Morgan fingerprint density at radius 3 is 2.59 bits per heavy atom. The molecule has 0 radical (unpaired) electrons. The van der Waals surface area contributed by atoms with Crippen molar-refractivity contribution in [3.63, 3.8) is 0 Å². The number of hydrogen-bond donors (Lipinski definition) is 1. The fraction of sp³-hybridized carbons (Fsp3) is 0.0833. The summed E-state index contributed by atoms with van der Waals surface area (Å²) in [5.74, 6) is 0.855. The Morgan fingerprint density at radius 2 is 1.94 bits per heavy atom. The largest absolute Gasteiger partial charge is 0.493 e. The Kier molecular flexibility index (Phi) is 3.41. The molecule has 0 amide bonds. The number of rotatable bonds is 2. The molecule has 1 heterocycles. The minimum Gasteiger partial charge on any atom is -0.493 e. The highest BCUT2D eigenvalue weighted by molar-refractivity contribution is 6.43. The van der Waals surface area contributed by atoms with Crippen LogP contribution in [-0.4, -0.2) is 12.1 Å². The Hall–Kier alpha value is -1.45. The van der Waals surface area contributed by atoms with Crippen LogP contribution < -0.4 is 10.5 Å². The van der Waals surface area contributed by atoms with Crippen LogP contribution in [0.2, 0.25) is 10.0 Å². The number of methoxy groups -OCH3 is 1. The molecular weight excluding hydrogens is 259 g/mol. The highest BCUT2D eigenvalue weighted by Gasteiger charge is 2.10. The van der Waals surface area contributed by atoms with E-state index in [4.69, 9.17) is 33.7 Å². The first-order valence-electron chi connectivity index (χ1n) is 4.88. The van der Waals surface area contributed by atoms with Gasteiger partial charge in [0.2, 0.25) is 0 Å². The van der Waals surface area contributed by atoms with Gasteiger partial charge >= 0.3 is 0 Å². The quantitative estimate of drug-likeness (QED) is 0.905. The molecule has 0 aliphatic rings. The van der Waals surface area contributed by atoms with E-state index in [9.17, 15) is 0 Å². The lowest BCUT2D eigenvalue weighted by Crippen LogP contribution is -1.97. The number of nitrogens with zero attached hydrogens (tertiary/aromatic N) is 1. The highest BCUT2D eigenvalue weighted by Crippen LogP contribution is 2.33. The third kappa shape index (κ3) is 2.30. The zero-order valence-corrected chi connectivity index (χ0v) is 10.6. The second kappa shape index (κ2) is 4.82. The van der Waals surface area contributed by atoms with Crippen molar-refractivity contribution in [2.24, 2.45) is 0 Å². The monoisotopic (exact) mass is 268 g/mol. The zero-order valence-electron chi connectivity index (χ0n) is 9.08. The molecule has 0 aliphatic heterocycles. The normalized spacial score (nSPS) is 10.3. The third-order valence-electron chi connectivity index (χ3n) is 2.33. The first kappa shape index (κ1) is 12.0. The van der Waals surface area contributed by atoms with E-state index in [1.807, 2.05) is 12.1 Å². The van der Waals surface area contributed by atoms with E-state index in [0.29, 0.717) is 27.3 Å². The molecule has 0 bridgehead atoms. The van der Waals surface area contributed by atoms with E-state index < -0.39 is 0 Å². The van der Waals surface area contributed by atoms with Crippen LogP contribution in [0.3, 0.4) is 0 Å². The molecule has 2 rings (SSSR count). The smallest absolute Gasteiger partial charge is 0.166 e. The topological polar surface area (TPSA) is 48.1 Å². The fourth-order valence-corrected chi connectivity index (χ4v) is 1.88. The Bertz CT molecular complexity index is 558. The summed E-state index contributed by atoms with van der Waals surface area (Å²) < 4.78 is 5.04. The van der Waals surface area contributed by atoms with Crippen molar-refractivity contribution in [1.82, 2.24) is 4.98 Å². The van der Waals surface area contributed by atoms with Gasteiger partial charge in [0, 0.05) is 5.56 Å². The van der Waals surface area contributed by atoms with Crippen LogP contribution in [0.15, 0.2) is 30.3 Å². The Balaban J connectivity index is 2.54. The van der Waals surface area contributed by atoms with E-state index >= 15 is 0 Å². The SMILES string of the molecule is COc1ccc(-c2cccc(Cl)c2Cl)nc1N. The summed E-state index contributed by atoms with van der Waals surface area (Å²) in [5.41, 5.74) is 7.15. The van der Waals surface area contributed by atoms with Gasteiger partial charge in [-0.3, -0.25) is 0 Å². The first-order valence-corrected chi connectivity index (χ1v) is 5.64. The maximum Gasteiger partial charge on any atom is 0.166 e. The Labute approximate surface area is 109 Å². The van der Waals surface area contributed by atoms with Crippen molar-refractivity contribution in [3.05, 3.63) is 40.4 Å². The fourth-order valence-electron chi connectivity index (χ4n) is 1.49. The van der Waals surface area contributed by atoms with E-state index in [2.05, 4.69) is 4.98 Å². The number of aromatic nitrogens is 1. The van der Waals surface area contributed by atoms with Crippen LogP contribution in [0.4, 0.5) is 5.82 Å². The number of nitrogens with two attached hydrogens (primary N) is 1. The molecule has 1 aromatic carbocycles. The van der Waals surface area contributed by atoms with Gasteiger partial charge in [0.1, 0.15) is 0 Å². The molecule has 0 spiro atoms. The van der Waals surface area contributed by atoms with Gasteiger partial charge in [-0.25, -0.2) is 4.98 Å². The molecule has 0 saturated heterocycles. The average molecular weight is 269 g/mol. The molecule has 0 aliphatic carbocycles. The van der Waals surface area contributed by atoms with Gasteiger partial charge in [0.15, 0.2) is 11.6 Å². The van der Waals surface area contributed by atoms with E-state index in [0.717, 1.165) is 5.56 Å². The predicted molar refractivity (Wildman–Crippen MR) is 70.7 cm³/mol. The molecule has 0 saturated carbocycles. The number of anilines is 1. The summed E-state index contributed by atoms with van der Waals surface area (Å²) in [6, 6.07) is 8.90. The summed E-state index contributed by atoms with van der Waals surface area (Å²) in [4.78, 5) is 4.23. The van der Waals surface area contributed by atoms with Crippen LogP contribution in [0.5, 0.6) is 5.75 Å². The van der Waals surface area contributed by atoms with Crippen LogP contribution in [0, 0.1) is 0 Å². The van der Waals surface area contributed by atoms with Gasteiger partial charge in [-0.15, -0.1) is 0 Å². The number of ether oxygens (including phenoxy) is 1. The first-order chi connectivity index (χ1) is 8.13. The van der Waals surface area contributed by atoms with Gasteiger partial charge < -0.3 is 10.5 Å². The molecule has 5 heteroatoms. The third-order valence-corrected chi connectivity index (χ3v) is 3.15. The van der Waals surface area contributed by atoms with Crippen molar-refractivity contribution in [1.29, 1.82) is 0 Å². The molecule has 0 fully saturated rings. The average Bonchev–Trinajstić information content (AvgIpc) is 2.32. The van der Waals surface area contributed by atoms with Gasteiger partial charge in [0.05, 0.1) is 22.8 Å². The minimum absolute atomic E-state index is 0.320. The van der Waals surface area contributed by atoms with Crippen LogP contribution in [-0.2, 0) is 0 Å². The molecule has 0 atom stereocenters. The molecule has 2 N–H and O–H groups in total. The molecule has 3 nitrogen and oxygen atoms in total. The summed E-state index contributed by atoms with van der Waals surface area (Å²) in [5, 5.41) is 0.951. The van der Waals surface area contributed by atoms with Crippen molar-refractivity contribution in [3.8, 4) is 17.0 Å². The van der Waals surface area contributed by atoms with E-state index in [1.54, 1.807) is 25.3 Å². The lowest BCUT2D eigenvalue weighted by molar-refractivity contribution is 0.415. The maximum absolute atomic E-state index is 6.11. The van der Waals surface area contributed by atoms with Crippen molar-refractivity contribution >= 4 is 29.0 Å². The number of nitrogen functional groups attached to an aromatic ring is 1. The molecule has 17 heavy (non-hydrogen) atoms. The highest BCUT2D eigenvalue weighted by atomic mass is 35.5. The summed E-state index contributed by atoms with van der Waals surface area (Å²) >= 11 is 12.1. The molecule has 88 valence electrons. The number of benzene rings is 1. The van der Waals surface area contributed by atoms with Crippen LogP contribution >= 0.6 is 23.2 Å². The maximum atomic E-state index is 6.11. The van der Waals surface area contributed by atoms with Crippen LogP contribution in [0.25, 0.3) is 11.3 Å². The summed E-state index contributed by atoms with van der Waals surface area (Å²) in [7, 11) is 1.54. The van der Waals surface area contributed by atoms with Gasteiger partial charge in [-0.1, -0.05) is 35.3 Å². The van der Waals surface area contributed by atoms with E-state index in [1.165, 1.54) is 0 Å². The minimum atomic E-state index is 0.320. The predicted octanol–water partition coefficient (Wildman–Crippen LogP) is 3.65. The van der Waals surface area contributed by atoms with Crippen molar-refractivity contribution in [2.45, 2.75) is 0 Å².